The molecule has 0 spiro atoms. The van der Waals surface area contributed by atoms with E-state index in [4.69, 9.17) is 32.7 Å². The van der Waals surface area contributed by atoms with E-state index in [1.165, 1.54) is 0 Å². The van der Waals surface area contributed by atoms with E-state index in [2.05, 4.69) is 5.32 Å². The molecule has 1 aromatic carbocycles. The predicted octanol–water partition coefficient (Wildman–Crippen LogP) is 1.49. The Morgan fingerprint density at radius 2 is 2.16 bits per heavy atom. The van der Waals surface area contributed by atoms with Crippen LogP contribution >= 0.6 is 23.2 Å². The molecule has 2 N–H and O–H groups in total. The molecule has 6 nitrogen and oxygen atoms in total. The van der Waals surface area contributed by atoms with Crippen molar-refractivity contribution in [2.45, 2.75) is 12.2 Å². The van der Waals surface area contributed by atoms with Crippen molar-refractivity contribution in [3.8, 4) is 0 Å². The van der Waals surface area contributed by atoms with Gasteiger partial charge in [-0.25, -0.2) is 0 Å². The molecular weight excluding hydrogens is 367 g/mol. The number of aliphatic hydroxyl groups is 1. The molecular formula is C17H22Cl2N2O4. The van der Waals surface area contributed by atoms with Crippen molar-refractivity contribution in [1.29, 1.82) is 0 Å². The van der Waals surface area contributed by atoms with Crippen LogP contribution in [0.25, 0.3) is 0 Å². The molecule has 2 heterocycles. The highest BCUT2D eigenvalue weighted by Gasteiger charge is 2.30. The Balaban J connectivity index is 1.58. The molecule has 0 saturated carbocycles. The molecule has 1 amide bonds. The third-order valence-corrected chi connectivity index (χ3v) is 5.19. The second-order valence-corrected chi connectivity index (χ2v) is 7.21. The minimum atomic E-state index is -0.401. The Kier molecular flexibility index (Phi) is 6.55. The first-order valence-electron chi connectivity index (χ1n) is 8.35. The lowest BCUT2D eigenvalue weighted by molar-refractivity contribution is -0.147. The first kappa shape index (κ1) is 18.9. The molecule has 0 radical (unpaired) electrons. The molecule has 2 aliphatic heterocycles. The topological polar surface area (TPSA) is 71.0 Å². The standard InChI is InChI=1S/C17H22Cl2N2O4/c18-14-2-1-11(5-15(14)19)17-12(6-20-3-4-25-17)9-24-10-16(23)21-7-13(22)8-21/h1-2,5,12-13,17,20,22H,3-4,6-10H2/t12-,17+/m1/s1. The van der Waals surface area contributed by atoms with Crippen LogP contribution in [0.2, 0.25) is 10.0 Å². The van der Waals surface area contributed by atoms with Crippen LogP contribution in [0.1, 0.15) is 11.7 Å². The van der Waals surface area contributed by atoms with Gasteiger partial charge in [-0.1, -0.05) is 29.3 Å². The number of ether oxygens (including phenoxy) is 2. The van der Waals surface area contributed by atoms with Crippen molar-refractivity contribution in [2.75, 3.05) is 46.0 Å². The molecule has 1 aromatic rings. The fraction of sp³-hybridized carbons (Fsp3) is 0.588. The Bertz CT molecular complexity index is 610. The van der Waals surface area contributed by atoms with Gasteiger partial charge in [-0.05, 0) is 17.7 Å². The maximum Gasteiger partial charge on any atom is 0.248 e. The third kappa shape index (κ3) is 4.84. The van der Waals surface area contributed by atoms with Gasteiger partial charge in [0.25, 0.3) is 0 Å². The van der Waals surface area contributed by atoms with E-state index in [0.717, 1.165) is 18.7 Å². The number of hydrogen-bond acceptors (Lipinski definition) is 5. The van der Waals surface area contributed by atoms with Crippen LogP contribution in [0.4, 0.5) is 0 Å². The first-order chi connectivity index (χ1) is 12.0. The molecule has 2 atom stereocenters. The van der Waals surface area contributed by atoms with Crippen molar-refractivity contribution < 1.29 is 19.4 Å². The maximum atomic E-state index is 11.9. The Hall–Kier alpha value is -0.890. The number of nitrogens with one attached hydrogen (secondary N) is 1. The lowest BCUT2D eigenvalue weighted by atomic mass is 9.96. The van der Waals surface area contributed by atoms with Crippen molar-refractivity contribution in [3.05, 3.63) is 33.8 Å². The van der Waals surface area contributed by atoms with Gasteiger partial charge in [-0.3, -0.25) is 4.79 Å². The van der Waals surface area contributed by atoms with Gasteiger partial charge in [-0.2, -0.15) is 0 Å². The zero-order valence-corrected chi connectivity index (χ0v) is 15.3. The molecule has 2 saturated heterocycles. The van der Waals surface area contributed by atoms with Crippen LogP contribution in [0, 0.1) is 5.92 Å². The lowest BCUT2D eigenvalue weighted by Crippen LogP contribution is -2.54. The quantitative estimate of drug-likeness (QED) is 0.799. The second-order valence-electron chi connectivity index (χ2n) is 6.40. The average Bonchev–Trinajstić information content (AvgIpc) is 2.80. The summed E-state index contributed by atoms with van der Waals surface area (Å²) in [5.41, 5.74) is 0.948. The van der Waals surface area contributed by atoms with Gasteiger partial charge in [-0.15, -0.1) is 0 Å². The fourth-order valence-electron chi connectivity index (χ4n) is 3.04. The summed E-state index contributed by atoms with van der Waals surface area (Å²) < 4.78 is 11.6. The Morgan fingerprint density at radius 1 is 1.36 bits per heavy atom. The number of rotatable bonds is 5. The number of nitrogens with zero attached hydrogens (tertiary/aromatic N) is 1. The van der Waals surface area contributed by atoms with Crippen molar-refractivity contribution in [2.24, 2.45) is 5.92 Å². The zero-order valence-electron chi connectivity index (χ0n) is 13.8. The Morgan fingerprint density at radius 3 is 2.88 bits per heavy atom. The first-order valence-corrected chi connectivity index (χ1v) is 9.11. The van der Waals surface area contributed by atoms with E-state index < -0.39 is 6.10 Å². The summed E-state index contributed by atoms with van der Waals surface area (Å²) in [6, 6.07) is 5.49. The van der Waals surface area contributed by atoms with Gasteiger partial charge in [0, 0.05) is 32.1 Å². The largest absolute Gasteiger partial charge is 0.389 e. The van der Waals surface area contributed by atoms with Crippen LogP contribution in [-0.4, -0.2) is 68.0 Å². The van der Waals surface area contributed by atoms with Crippen LogP contribution in [0.15, 0.2) is 18.2 Å². The highest BCUT2D eigenvalue weighted by atomic mass is 35.5. The van der Waals surface area contributed by atoms with E-state index in [1.54, 1.807) is 11.0 Å². The summed E-state index contributed by atoms with van der Waals surface area (Å²) >= 11 is 12.1. The van der Waals surface area contributed by atoms with Gasteiger partial charge < -0.3 is 24.8 Å². The number of carbonyl (C=O) groups is 1. The summed E-state index contributed by atoms with van der Waals surface area (Å²) in [6.45, 7) is 3.26. The molecule has 0 aliphatic carbocycles. The van der Waals surface area contributed by atoms with Crippen LogP contribution in [0.5, 0.6) is 0 Å². The number of halogens is 2. The third-order valence-electron chi connectivity index (χ3n) is 4.46. The second kappa shape index (κ2) is 8.66. The monoisotopic (exact) mass is 388 g/mol. The molecule has 3 rings (SSSR count). The van der Waals surface area contributed by atoms with E-state index in [-0.39, 0.29) is 24.5 Å². The van der Waals surface area contributed by atoms with Crippen LogP contribution < -0.4 is 5.32 Å². The van der Waals surface area contributed by atoms with Crippen LogP contribution in [-0.2, 0) is 14.3 Å². The number of amides is 1. The predicted molar refractivity (Wildman–Crippen MR) is 94.9 cm³/mol. The van der Waals surface area contributed by atoms with Gasteiger partial charge >= 0.3 is 0 Å². The van der Waals surface area contributed by atoms with Crippen molar-refractivity contribution in [1.82, 2.24) is 10.2 Å². The zero-order chi connectivity index (χ0) is 17.8. The molecule has 0 bridgehead atoms. The summed E-state index contributed by atoms with van der Waals surface area (Å²) in [7, 11) is 0. The summed E-state index contributed by atoms with van der Waals surface area (Å²) in [5, 5.41) is 13.6. The minimum Gasteiger partial charge on any atom is -0.389 e. The highest BCUT2D eigenvalue weighted by molar-refractivity contribution is 6.42. The molecule has 0 aromatic heterocycles. The highest BCUT2D eigenvalue weighted by Crippen LogP contribution is 2.32. The number of likely N-dealkylation sites (tertiary alicyclic amines) is 1. The molecule has 2 fully saturated rings. The normalized spacial score (nSPS) is 24.7. The Labute approximate surface area is 157 Å². The number of aliphatic hydroxyl groups excluding tert-OH is 1. The molecule has 138 valence electrons. The number of carbonyl (C=O) groups excluding carboxylic acids is 1. The summed E-state index contributed by atoms with van der Waals surface area (Å²) in [5.74, 6) is -0.0478. The van der Waals surface area contributed by atoms with Gasteiger partial charge in [0.2, 0.25) is 5.91 Å². The smallest absolute Gasteiger partial charge is 0.248 e. The molecule has 0 unspecified atom stereocenters. The lowest BCUT2D eigenvalue weighted by Gasteiger charge is -2.35. The average molecular weight is 389 g/mol. The maximum absolute atomic E-state index is 11.9. The van der Waals surface area contributed by atoms with Crippen molar-refractivity contribution in [3.63, 3.8) is 0 Å². The van der Waals surface area contributed by atoms with E-state index in [0.29, 0.717) is 36.3 Å². The van der Waals surface area contributed by atoms with Gasteiger partial charge in [0.05, 0.1) is 35.5 Å². The summed E-state index contributed by atoms with van der Waals surface area (Å²) in [4.78, 5) is 13.5. The van der Waals surface area contributed by atoms with E-state index >= 15 is 0 Å². The number of β-amino-alcohol motifs (C(OH)–C–C–N with tert-alkyl or cyclic N) is 1. The fourth-order valence-corrected chi connectivity index (χ4v) is 3.35. The van der Waals surface area contributed by atoms with E-state index in [1.807, 2.05) is 12.1 Å². The summed E-state index contributed by atoms with van der Waals surface area (Å²) in [6.07, 6.45) is -0.576. The molecule has 2 aliphatic rings. The van der Waals surface area contributed by atoms with Gasteiger partial charge in [0.1, 0.15) is 6.61 Å². The van der Waals surface area contributed by atoms with E-state index in [9.17, 15) is 9.90 Å². The van der Waals surface area contributed by atoms with Crippen molar-refractivity contribution >= 4 is 29.1 Å². The van der Waals surface area contributed by atoms with Gasteiger partial charge in [0.15, 0.2) is 0 Å². The number of benzene rings is 1. The van der Waals surface area contributed by atoms with Crippen LogP contribution in [0.3, 0.4) is 0 Å². The molecule has 8 heteroatoms. The SMILES string of the molecule is O=C(COC[C@H]1CNCCO[C@H]1c1ccc(Cl)c(Cl)c1)N1CC(O)C1. The number of hydrogen-bond donors (Lipinski definition) is 2. The molecule has 25 heavy (non-hydrogen) atoms. The minimum absolute atomic E-state index is 0.0112.